The first-order valence-electron chi connectivity index (χ1n) is 6.82. The van der Waals surface area contributed by atoms with E-state index in [1.165, 1.54) is 22.3 Å². The van der Waals surface area contributed by atoms with Crippen molar-refractivity contribution in [2.75, 3.05) is 5.32 Å². The van der Waals surface area contributed by atoms with Gasteiger partial charge < -0.3 is 10.6 Å². The maximum atomic E-state index is 5.34. The molecule has 4 heteroatoms. The summed E-state index contributed by atoms with van der Waals surface area (Å²) in [6.45, 7) is 7.00. The molecule has 110 valence electrons. The number of hydrogen-bond acceptors (Lipinski definition) is 1. The molecule has 0 radical (unpaired) electrons. The van der Waals surface area contributed by atoms with Crippen LogP contribution >= 0.6 is 28.1 Å². The van der Waals surface area contributed by atoms with E-state index in [2.05, 4.69) is 71.6 Å². The Morgan fingerprint density at radius 1 is 1.05 bits per heavy atom. The van der Waals surface area contributed by atoms with E-state index in [1.54, 1.807) is 0 Å². The van der Waals surface area contributed by atoms with E-state index in [1.807, 2.05) is 12.1 Å². The smallest absolute Gasteiger partial charge is 0.171 e. The molecule has 2 rings (SSSR count). The molecule has 0 amide bonds. The molecule has 0 atom stereocenters. The zero-order valence-electron chi connectivity index (χ0n) is 12.5. The van der Waals surface area contributed by atoms with Crippen molar-refractivity contribution in [1.82, 2.24) is 5.32 Å². The maximum absolute atomic E-state index is 5.34. The predicted octanol–water partition coefficient (Wildman–Crippen LogP) is 4.86. The lowest BCUT2D eigenvalue weighted by atomic mass is 10.1. The van der Waals surface area contributed by atoms with E-state index in [-0.39, 0.29) is 0 Å². The van der Waals surface area contributed by atoms with Crippen LogP contribution in [0, 0.1) is 20.8 Å². The quantitative estimate of drug-likeness (QED) is 0.762. The summed E-state index contributed by atoms with van der Waals surface area (Å²) in [5.41, 5.74) is 5.96. The SMILES string of the molecule is Cc1cc(C)cc(CNC(=S)Nc2ccc(Br)c(C)c2)c1. The molecule has 0 saturated heterocycles. The Morgan fingerprint density at radius 2 is 1.71 bits per heavy atom. The van der Waals surface area contributed by atoms with E-state index in [0.717, 1.165) is 16.7 Å². The topological polar surface area (TPSA) is 24.1 Å². The van der Waals surface area contributed by atoms with Crippen LogP contribution in [0.5, 0.6) is 0 Å². The average molecular weight is 363 g/mol. The Labute approximate surface area is 140 Å². The van der Waals surface area contributed by atoms with Gasteiger partial charge in [-0.05, 0) is 62.3 Å². The fourth-order valence-corrected chi connectivity index (χ4v) is 2.69. The van der Waals surface area contributed by atoms with Crippen LogP contribution < -0.4 is 10.6 Å². The van der Waals surface area contributed by atoms with Gasteiger partial charge >= 0.3 is 0 Å². The molecule has 0 bridgehead atoms. The normalized spacial score (nSPS) is 10.3. The number of rotatable bonds is 3. The van der Waals surface area contributed by atoms with Gasteiger partial charge in [0.15, 0.2) is 5.11 Å². The summed E-state index contributed by atoms with van der Waals surface area (Å²) in [7, 11) is 0. The molecule has 21 heavy (non-hydrogen) atoms. The molecule has 0 spiro atoms. The minimum Gasteiger partial charge on any atom is -0.358 e. The highest BCUT2D eigenvalue weighted by atomic mass is 79.9. The average Bonchev–Trinajstić information content (AvgIpc) is 2.40. The van der Waals surface area contributed by atoms with Crippen LogP contribution in [0.25, 0.3) is 0 Å². The van der Waals surface area contributed by atoms with Crippen molar-refractivity contribution in [2.24, 2.45) is 0 Å². The maximum Gasteiger partial charge on any atom is 0.171 e. The molecule has 0 aliphatic rings. The Hall–Kier alpha value is -1.39. The first-order chi connectivity index (χ1) is 9.94. The summed E-state index contributed by atoms with van der Waals surface area (Å²) in [5.74, 6) is 0. The fraction of sp³-hybridized carbons (Fsp3) is 0.235. The number of anilines is 1. The summed E-state index contributed by atoms with van der Waals surface area (Å²) < 4.78 is 1.10. The molecule has 0 fully saturated rings. The van der Waals surface area contributed by atoms with Crippen LogP contribution in [0.3, 0.4) is 0 Å². The fourth-order valence-electron chi connectivity index (χ4n) is 2.25. The summed E-state index contributed by atoms with van der Waals surface area (Å²) in [5, 5.41) is 7.09. The van der Waals surface area contributed by atoms with Gasteiger partial charge in [0.1, 0.15) is 0 Å². The lowest BCUT2D eigenvalue weighted by Crippen LogP contribution is -2.27. The second-order valence-corrected chi connectivity index (χ2v) is 6.53. The third-order valence-corrected chi connectivity index (χ3v) is 4.29. The van der Waals surface area contributed by atoms with Crippen molar-refractivity contribution in [1.29, 1.82) is 0 Å². The lowest BCUT2D eigenvalue weighted by Gasteiger charge is -2.12. The molecule has 0 heterocycles. The van der Waals surface area contributed by atoms with Gasteiger partial charge in [0.05, 0.1) is 0 Å². The summed E-state index contributed by atoms with van der Waals surface area (Å²) >= 11 is 8.84. The third-order valence-electron chi connectivity index (χ3n) is 3.15. The number of aryl methyl sites for hydroxylation is 3. The van der Waals surface area contributed by atoms with E-state index in [9.17, 15) is 0 Å². The van der Waals surface area contributed by atoms with Crippen LogP contribution in [0.4, 0.5) is 5.69 Å². The second kappa shape index (κ2) is 7.05. The van der Waals surface area contributed by atoms with Crippen molar-refractivity contribution in [3.8, 4) is 0 Å². The van der Waals surface area contributed by atoms with Gasteiger partial charge in [-0.15, -0.1) is 0 Å². The number of nitrogens with one attached hydrogen (secondary N) is 2. The standard InChI is InChI=1S/C17H19BrN2S/c1-11-6-12(2)8-14(7-11)10-19-17(21)20-15-4-5-16(18)13(3)9-15/h4-9H,10H2,1-3H3,(H2,19,20,21). The van der Waals surface area contributed by atoms with Crippen LogP contribution in [-0.4, -0.2) is 5.11 Å². The van der Waals surface area contributed by atoms with Gasteiger partial charge in [0, 0.05) is 16.7 Å². The number of benzene rings is 2. The highest BCUT2D eigenvalue weighted by molar-refractivity contribution is 9.10. The summed E-state index contributed by atoms with van der Waals surface area (Å²) in [6.07, 6.45) is 0. The monoisotopic (exact) mass is 362 g/mol. The molecule has 2 N–H and O–H groups in total. The van der Waals surface area contributed by atoms with E-state index in [0.29, 0.717) is 5.11 Å². The minimum absolute atomic E-state index is 0.635. The van der Waals surface area contributed by atoms with Gasteiger partial charge in [-0.25, -0.2) is 0 Å². The highest BCUT2D eigenvalue weighted by Crippen LogP contribution is 2.19. The largest absolute Gasteiger partial charge is 0.358 e. The molecule has 2 nitrogen and oxygen atoms in total. The summed E-state index contributed by atoms with van der Waals surface area (Å²) in [4.78, 5) is 0. The van der Waals surface area contributed by atoms with Crippen molar-refractivity contribution >= 4 is 38.9 Å². The van der Waals surface area contributed by atoms with Gasteiger partial charge in [-0.2, -0.15) is 0 Å². The molecular weight excluding hydrogens is 344 g/mol. The number of thiocarbonyl (C=S) groups is 1. The Kier molecular flexibility index (Phi) is 5.37. The molecule has 0 aliphatic carbocycles. The molecule has 0 saturated carbocycles. The zero-order valence-corrected chi connectivity index (χ0v) is 14.9. The lowest BCUT2D eigenvalue weighted by molar-refractivity contribution is 0.921. The second-order valence-electron chi connectivity index (χ2n) is 5.27. The highest BCUT2D eigenvalue weighted by Gasteiger charge is 2.01. The number of hydrogen-bond donors (Lipinski definition) is 2. The van der Waals surface area contributed by atoms with Crippen molar-refractivity contribution < 1.29 is 0 Å². The Balaban J connectivity index is 1.94. The van der Waals surface area contributed by atoms with Crippen molar-refractivity contribution in [2.45, 2.75) is 27.3 Å². The molecule has 0 aromatic heterocycles. The zero-order chi connectivity index (χ0) is 15.4. The molecule has 0 unspecified atom stereocenters. The van der Waals surface area contributed by atoms with Gasteiger partial charge in [0.25, 0.3) is 0 Å². The van der Waals surface area contributed by atoms with Crippen LogP contribution in [-0.2, 0) is 6.54 Å². The van der Waals surface area contributed by atoms with Crippen LogP contribution in [0.15, 0.2) is 40.9 Å². The van der Waals surface area contributed by atoms with Crippen molar-refractivity contribution in [3.05, 3.63) is 63.1 Å². The third kappa shape index (κ3) is 4.83. The molecule has 2 aromatic carbocycles. The predicted molar refractivity (Wildman–Crippen MR) is 97.9 cm³/mol. The Bertz CT molecular complexity index is 648. The van der Waals surface area contributed by atoms with E-state index >= 15 is 0 Å². The van der Waals surface area contributed by atoms with E-state index < -0.39 is 0 Å². The van der Waals surface area contributed by atoms with Crippen LogP contribution in [0.1, 0.15) is 22.3 Å². The summed E-state index contributed by atoms with van der Waals surface area (Å²) in [6, 6.07) is 12.6. The Morgan fingerprint density at radius 3 is 2.33 bits per heavy atom. The molecular formula is C17H19BrN2S. The van der Waals surface area contributed by atoms with Gasteiger partial charge in [0.2, 0.25) is 0 Å². The van der Waals surface area contributed by atoms with Gasteiger partial charge in [-0.3, -0.25) is 0 Å². The van der Waals surface area contributed by atoms with Crippen molar-refractivity contribution in [3.63, 3.8) is 0 Å². The first kappa shape index (κ1) is 16.0. The minimum atomic E-state index is 0.635. The number of halogens is 1. The first-order valence-corrected chi connectivity index (χ1v) is 8.02. The van der Waals surface area contributed by atoms with Crippen LogP contribution in [0.2, 0.25) is 0 Å². The molecule has 2 aromatic rings. The van der Waals surface area contributed by atoms with E-state index in [4.69, 9.17) is 12.2 Å². The van der Waals surface area contributed by atoms with Gasteiger partial charge in [-0.1, -0.05) is 45.3 Å². The molecule has 0 aliphatic heterocycles.